The summed E-state index contributed by atoms with van der Waals surface area (Å²) in [6.07, 6.45) is 3.86. The molecule has 0 radical (unpaired) electrons. The summed E-state index contributed by atoms with van der Waals surface area (Å²) in [5.74, 6) is 0.549. The Morgan fingerprint density at radius 1 is 1.19 bits per heavy atom. The normalized spacial score (nSPS) is 10.9. The van der Waals surface area contributed by atoms with Gasteiger partial charge in [0.15, 0.2) is 5.78 Å². The van der Waals surface area contributed by atoms with E-state index in [1.807, 2.05) is 32.0 Å². The van der Waals surface area contributed by atoms with Gasteiger partial charge in [0, 0.05) is 24.4 Å². The molecule has 0 fully saturated rings. The van der Waals surface area contributed by atoms with Crippen LogP contribution in [0.2, 0.25) is 0 Å². The Hall–Kier alpha value is -1.77. The lowest BCUT2D eigenvalue weighted by Crippen LogP contribution is -2.03. The summed E-state index contributed by atoms with van der Waals surface area (Å²) in [7, 11) is 0. The number of rotatable bonds is 3. The molecule has 16 heavy (non-hydrogen) atoms. The molecule has 0 unspecified atom stereocenters. The number of aromatic nitrogens is 2. The molecule has 2 rings (SSSR count). The highest BCUT2D eigenvalue weighted by atomic mass is 16.1. The first-order valence-electron chi connectivity index (χ1n) is 5.41. The first kappa shape index (κ1) is 10.7. The van der Waals surface area contributed by atoms with Gasteiger partial charge >= 0.3 is 0 Å². The molecule has 0 bridgehead atoms. The molecular weight excluding hydrogens is 200 g/mol. The lowest BCUT2D eigenvalue weighted by Gasteiger charge is -2.04. The van der Waals surface area contributed by atoms with E-state index in [2.05, 4.69) is 9.97 Å². The van der Waals surface area contributed by atoms with Crippen molar-refractivity contribution in [2.45, 2.75) is 20.3 Å². The van der Waals surface area contributed by atoms with Gasteiger partial charge in [-0.3, -0.25) is 14.8 Å². The molecule has 0 amide bonds. The molecule has 3 heteroatoms. The van der Waals surface area contributed by atoms with Crippen molar-refractivity contribution in [1.29, 1.82) is 0 Å². The predicted molar refractivity (Wildman–Crippen MR) is 63.3 cm³/mol. The molecule has 1 aromatic carbocycles. The van der Waals surface area contributed by atoms with Gasteiger partial charge in [-0.05, 0) is 24.1 Å². The summed E-state index contributed by atoms with van der Waals surface area (Å²) in [5.41, 5.74) is 2.32. The molecule has 0 atom stereocenters. The SMILES string of the molecule is CC(C)CC(=O)c1ccc2nccnc2c1. The van der Waals surface area contributed by atoms with Gasteiger partial charge in [-0.25, -0.2) is 0 Å². The maximum Gasteiger partial charge on any atom is 0.163 e. The van der Waals surface area contributed by atoms with Crippen molar-refractivity contribution in [3.8, 4) is 0 Å². The van der Waals surface area contributed by atoms with Gasteiger partial charge in [0.1, 0.15) is 0 Å². The van der Waals surface area contributed by atoms with E-state index in [4.69, 9.17) is 0 Å². The molecule has 0 aliphatic carbocycles. The summed E-state index contributed by atoms with van der Waals surface area (Å²) in [6.45, 7) is 4.08. The standard InChI is InChI=1S/C13H14N2O/c1-9(2)7-13(16)10-3-4-11-12(8-10)15-6-5-14-11/h3-6,8-9H,7H2,1-2H3. The quantitative estimate of drug-likeness (QED) is 0.738. The highest BCUT2D eigenvalue weighted by molar-refractivity contribution is 5.98. The van der Waals surface area contributed by atoms with Gasteiger partial charge in [-0.1, -0.05) is 13.8 Å². The fourth-order valence-electron chi connectivity index (χ4n) is 1.63. The van der Waals surface area contributed by atoms with Crippen LogP contribution in [0.1, 0.15) is 30.6 Å². The van der Waals surface area contributed by atoms with Crippen LogP contribution >= 0.6 is 0 Å². The van der Waals surface area contributed by atoms with Crippen LogP contribution in [0.4, 0.5) is 0 Å². The second kappa shape index (κ2) is 4.39. The van der Waals surface area contributed by atoms with Crippen LogP contribution in [-0.2, 0) is 0 Å². The monoisotopic (exact) mass is 214 g/mol. The van der Waals surface area contributed by atoms with E-state index in [9.17, 15) is 4.79 Å². The van der Waals surface area contributed by atoms with Crippen LogP contribution in [0.15, 0.2) is 30.6 Å². The molecule has 3 nitrogen and oxygen atoms in total. The van der Waals surface area contributed by atoms with E-state index in [1.165, 1.54) is 0 Å². The van der Waals surface area contributed by atoms with E-state index in [0.29, 0.717) is 12.3 Å². The zero-order chi connectivity index (χ0) is 11.5. The van der Waals surface area contributed by atoms with Crippen LogP contribution in [0.5, 0.6) is 0 Å². The zero-order valence-corrected chi connectivity index (χ0v) is 9.47. The number of hydrogen-bond donors (Lipinski definition) is 0. The van der Waals surface area contributed by atoms with Crippen LogP contribution < -0.4 is 0 Å². The van der Waals surface area contributed by atoms with Gasteiger partial charge in [0.05, 0.1) is 11.0 Å². The fraction of sp³-hybridized carbons (Fsp3) is 0.308. The molecule has 0 saturated carbocycles. The lowest BCUT2D eigenvalue weighted by molar-refractivity contribution is 0.0968. The average molecular weight is 214 g/mol. The van der Waals surface area contributed by atoms with Crippen molar-refractivity contribution in [3.63, 3.8) is 0 Å². The summed E-state index contributed by atoms with van der Waals surface area (Å²) < 4.78 is 0. The van der Waals surface area contributed by atoms with Crippen molar-refractivity contribution in [2.75, 3.05) is 0 Å². The summed E-state index contributed by atoms with van der Waals surface area (Å²) in [6, 6.07) is 5.48. The molecule has 0 aliphatic heterocycles. The zero-order valence-electron chi connectivity index (χ0n) is 9.47. The van der Waals surface area contributed by atoms with Crippen molar-refractivity contribution >= 4 is 16.8 Å². The average Bonchev–Trinajstić information content (AvgIpc) is 2.27. The number of Topliss-reactive ketones (excluding diaryl/α,β-unsaturated/α-hetero) is 1. The Morgan fingerprint density at radius 3 is 2.56 bits per heavy atom. The number of nitrogens with zero attached hydrogens (tertiary/aromatic N) is 2. The molecule has 2 aromatic rings. The van der Waals surface area contributed by atoms with Crippen molar-refractivity contribution in [3.05, 3.63) is 36.2 Å². The van der Waals surface area contributed by atoms with E-state index in [-0.39, 0.29) is 5.78 Å². The van der Waals surface area contributed by atoms with Gasteiger partial charge < -0.3 is 0 Å². The topological polar surface area (TPSA) is 42.9 Å². The Bertz CT molecular complexity index is 520. The van der Waals surface area contributed by atoms with Gasteiger partial charge in [-0.2, -0.15) is 0 Å². The molecule has 0 spiro atoms. The smallest absolute Gasteiger partial charge is 0.163 e. The number of carbonyl (C=O) groups excluding carboxylic acids is 1. The Balaban J connectivity index is 2.35. The molecule has 0 aliphatic rings. The summed E-state index contributed by atoms with van der Waals surface area (Å²) in [4.78, 5) is 20.2. The highest BCUT2D eigenvalue weighted by Crippen LogP contribution is 2.14. The van der Waals surface area contributed by atoms with Gasteiger partial charge in [-0.15, -0.1) is 0 Å². The molecule has 1 aromatic heterocycles. The van der Waals surface area contributed by atoms with E-state index in [0.717, 1.165) is 16.6 Å². The van der Waals surface area contributed by atoms with Crippen molar-refractivity contribution < 1.29 is 4.79 Å². The number of fused-ring (bicyclic) bond motifs is 1. The number of hydrogen-bond acceptors (Lipinski definition) is 3. The lowest BCUT2D eigenvalue weighted by atomic mass is 10.0. The molecule has 1 heterocycles. The molecule has 82 valence electrons. The minimum Gasteiger partial charge on any atom is -0.294 e. The Labute approximate surface area is 94.5 Å². The highest BCUT2D eigenvalue weighted by Gasteiger charge is 2.09. The maximum absolute atomic E-state index is 11.9. The molecule has 0 saturated heterocycles. The van der Waals surface area contributed by atoms with E-state index < -0.39 is 0 Å². The fourth-order valence-corrected chi connectivity index (χ4v) is 1.63. The minimum atomic E-state index is 0.169. The minimum absolute atomic E-state index is 0.169. The second-order valence-corrected chi connectivity index (χ2v) is 4.28. The summed E-state index contributed by atoms with van der Waals surface area (Å²) in [5, 5.41) is 0. The van der Waals surface area contributed by atoms with Crippen molar-refractivity contribution in [2.24, 2.45) is 5.92 Å². The molecule has 0 N–H and O–H groups in total. The van der Waals surface area contributed by atoms with Crippen molar-refractivity contribution in [1.82, 2.24) is 9.97 Å². The number of benzene rings is 1. The number of carbonyl (C=O) groups is 1. The number of ketones is 1. The van der Waals surface area contributed by atoms with E-state index >= 15 is 0 Å². The second-order valence-electron chi connectivity index (χ2n) is 4.28. The third-order valence-corrected chi connectivity index (χ3v) is 2.38. The van der Waals surface area contributed by atoms with Crippen LogP contribution in [0, 0.1) is 5.92 Å². The summed E-state index contributed by atoms with van der Waals surface area (Å²) >= 11 is 0. The largest absolute Gasteiger partial charge is 0.294 e. The predicted octanol–water partition coefficient (Wildman–Crippen LogP) is 2.86. The van der Waals surface area contributed by atoms with E-state index in [1.54, 1.807) is 12.4 Å². The van der Waals surface area contributed by atoms with Crippen LogP contribution in [-0.4, -0.2) is 15.8 Å². The van der Waals surface area contributed by atoms with Crippen LogP contribution in [0.3, 0.4) is 0 Å². The first-order chi connectivity index (χ1) is 7.66. The third kappa shape index (κ3) is 2.24. The third-order valence-electron chi connectivity index (χ3n) is 2.38. The first-order valence-corrected chi connectivity index (χ1v) is 5.41. The Morgan fingerprint density at radius 2 is 1.88 bits per heavy atom. The van der Waals surface area contributed by atoms with Gasteiger partial charge in [0.25, 0.3) is 0 Å². The molecular formula is C13H14N2O. The maximum atomic E-state index is 11.9. The van der Waals surface area contributed by atoms with Gasteiger partial charge in [0.2, 0.25) is 0 Å². The van der Waals surface area contributed by atoms with Crippen LogP contribution in [0.25, 0.3) is 11.0 Å². The Kier molecular flexibility index (Phi) is 2.95.